The summed E-state index contributed by atoms with van der Waals surface area (Å²) in [6, 6.07) is 43.2. The van der Waals surface area contributed by atoms with Gasteiger partial charge >= 0.3 is 0 Å². The molecular weight excluding hydrogens is 444 g/mol. The molecule has 0 radical (unpaired) electrons. The van der Waals surface area contributed by atoms with Crippen LogP contribution in [-0.4, -0.2) is 0 Å². The normalized spacial score (nSPS) is 11.4. The zero-order valence-corrected chi connectivity index (χ0v) is 19.8. The van der Waals surface area contributed by atoms with Crippen molar-refractivity contribution in [3.63, 3.8) is 0 Å². The fourth-order valence-corrected chi connectivity index (χ4v) is 5.98. The van der Waals surface area contributed by atoms with Crippen LogP contribution in [0.25, 0.3) is 41.7 Å². The van der Waals surface area contributed by atoms with E-state index in [1.807, 2.05) is 11.3 Å². The van der Waals surface area contributed by atoms with E-state index in [9.17, 15) is 0 Å². The largest absolute Gasteiger partial charge is 0.355 e. The van der Waals surface area contributed by atoms with Crippen molar-refractivity contribution in [3.05, 3.63) is 121 Å². The summed E-state index contributed by atoms with van der Waals surface area (Å²) >= 11 is 1.84. The molecule has 0 aliphatic carbocycles. The lowest BCUT2D eigenvalue weighted by molar-refractivity contribution is 1.59. The minimum atomic E-state index is 1.10. The molecule has 0 aliphatic heterocycles. The summed E-state index contributed by atoms with van der Waals surface area (Å²) in [6.45, 7) is 0. The third-order valence-corrected chi connectivity index (χ3v) is 7.66. The van der Waals surface area contributed by atoms with Crippen LogP contribution in [0, 0.1) is 0 Å². The highest BCUT2D eigenvalue weighted by molar-refractivity contribution is 7.25. The maximum absolute atomic E-state index is 3.59. The molecule has 0 spiro atoms. The first-order valence-electron chi connectivity index (χ1n) is 11.8. The highest BCUT2D eigenvalue weighted by atomic mass is 32.1. The van der Waals surface area contributed by atoms with Gasteiger partial charge in [-0.1, -0.05) is 72.8 Å². The van der Waals surface area contributed by atoms with Crippen molar-refractivity contribution in [1.29, 1.82) is 0 Å². The number of hydrogen-bond acceptors (Lipinski definition) is 3. The molecule has 1 aromatic heterocycles. The third kappa shape index (κ3) is 3.76. The molecule has 166 valence electrons. The molecule has 7 rings (SSSR count). The Labute approximate surface area is 207 Å². The van der Waals surface area contributed by atoms with Gasteiger partial charge in [0.25, 0.3) is 0 Å². The lowest BCUT2D eigenvalue weighted by Gasteiger charge is -2.08. The first-order chi connectivity index (χ1) is 17.3. The molecule has 3 heteroatoms. The lowest BCUT2D eigenvalue weighted by Crippen LogP contribution is -1.90. The van der Waals surface area contributed by atoms with Crippen molar-refractivity contribution in [2.24, 2.45) is 0 Å². The van der Waals surface area contributed by atoms with E-state index >= 15 is 0 Å². The number of benzene rings is 6. The van der Waals surface area contributed by atoms with E-state index in [0.717, 1.165) is 22.7 Å². The number of fused-ring (bicyclic) bond motifs is 5. The van der Waals surface area contributed by atoms with Crippen molar-refractivity contribution in [3.8, 4) is 0 Å². The smallest absolute Gasteiger partial charge is 0.0398 e. The second kappa shape index (κ2) is 8.15. The van der Waals surface area contributed by atoms with Crippen LogP contribution in [0.2, 0.25) is 0 Å². The van der Waals surface area contributed by atoms with Crippen LogP contribution in [0.5, 0.6) is 0 Å². The molecule has 0 amide bonds. The van der Waals surface area contributed by atoms with E-state index in [1.165, 1.54) is 41.7 Å². The molecule has 0 saturated carbocycles. The SMILES string of the molecule is c1ccc2cc(Nc3ccc4c(c3)sc3cc(Nc5ccc6ccccc6c5)ccc34)ccc2c1. The van der Waals surface area contributed by atoms with Crippen molar-refractivity contribution in [1.82, 2.24) is 0 Å². The Morgan fingerprint density at radius 3 is 1.26 bits per heavy atom. The number of anilines is 4. The van der Waals surface area contributed by atoms with Gasteiger partial charge in [0.05, 0.1) is 0 Å². The van der Waals surface area contributed by atoms with Gasteiger partial charge in [-0.25, -0.2) is 0 Å². The first-order valence-corrected chi connectivity index (χ1v) is 12.6. The number of thiophene rings is 1. The van der Waals surface area contributed by atoms with Crippen LogP contribution in [0.3, 0.4) is 0 Å². The maximum atomic E-state index is 3.59. The third-order valence-electron chi connectivity index (χ3n) is 6.55. The van der Waals surface area contributed by atoms with Crippen LogP contribution in [0.4, 0.5) is 22.7 Å². The van der Waals surface area contributed by atoms with Gasteiger partial charge in [-0.15, -0.1) is 11.3 Å². The molecule has 7 aromatic rings. The van der Waals surface area contributed by atoms with E-state index in [4.69, 9.17) is 0 Å². The molecule has 0 aliphatic rings. The van der Waals surface area contributed by atoms with Crippen molar-refractivity contribution in [2.75, 3.05) is 10.6 Å². The first kappa shape index (κ1) is 20.1. The average Bonchev–Trinajstić information content (AvgIpc) is 3.25. The molecular formula is C32H22N2S. The fourth-order valence-electron chi connectivity index (χ4n) is 4.80. The average molecular weight is 467 g/mol. The predicted octanol–water partition coefficient (Wildman–Crippen LogP) is 9.85. The van der Waals surface area contributed by atoms with Gasteiger partial charge in [0.15, 0.2) is 0 Å². The molecule has 0 atom stereocenters. The zero-order chi connectivity index (χ0) is 23.2. The summed E-state index contributed by atoms with van der Waals surface area (Å²) in [5, 5.41) is 14.8. The van der Waals surface area contributed by atoms with E-state index in [2.05, 4.69) is 132 Å². The second-order valence-electron chi connectivity index (χ2n) is 8.90. The molecule has 2 nitrogen and oxygen atoms in total. The van der Waals surface area contributed by atoms with Crippen molar-refractivity contribution < 1.29 is 0 Å². The molecule has 35 heavy (non-hydrogen) atoms. The van der Waals surface area contributed by atoms with Gasteiger partial charge in [0.1, 0.15) is 0 Å². The van der Waals surface area contributed by atoms with Gasteiger partial charge in [-0.2, -0.15) is 0 Å². The number of hydrogen-bond donors (Lipinski definition) is 2. The second-order valence-corrected chi connectivity index (χ2v) is 9.98. The lowest BCUT2D eigenvalue weighted by atomic mass is 10.1. The van der Waals surface area contributed by atoms with Crippen LogP contribution >= 0.6 is 11.3 Å². The molecule has 6 aromatic carbocycles. The standard InChI is InChI=1S/C32H22N2S/c1-3-7-23-17-25(11-9-21(23)5-1)33-27-13-15-29-30-16-14-28(20-32(30)35-31(29)19-27)34-26-12-10-22-6-2-4-8-24(22)18-26/h1-20,33-34H. The van der Waals surface area contributed by atoms with Gasteiger partial charge in [0.2, 0.25) is 0 Å². The quantitative estimate of drug-likeness (QED) is 0.270. The topological polar surface area (TPSA) is 24.1 Å². The molecule has 0 saturated heterocycles. The minimum Gasteiger partial charge on any atom is -0.355 e. The summed E-state index contributed by atoms with van der Waals surface area (Å²) in [4.78, 5) is 0. The molecule has 0 unspecified atom stereocenters. The molecule has 0 fully saturated rings. The number of rotatable bonds is 4. The van der Waals surface area contributed by atoms with Gasteiger partial charge in [-0.3, -0.25) is 0 Å². The van der Waals surface area contributed by atoms with Crippen molar-refractivity contribution in [2.45, 2.75) is 0 Å². The monoisotopic (exact) mass is 466 g/mol. The van der Waals surface area contributed by atoms with Crippen LogP contribution < -0.4 is 10.6 Å². The highest BCUT2D eigenvalue weighted by Gasteiger charge is 2.08. The Morgan fingerprint density at radius 2 is 0.771 bits per heavy atom. The summed E-state index contributed by atoms with van der Waals surface area (Å²) in [6.07, 6.45) is 0. The summed E-state index contributed by atoms with van der Waals surface area (Å²) in [5.41, 5.74) is 4.42. The number of nitrogens with one attached hydrogen (secondary N) is 2. The fraction of sp³-hybridized carbons (Fsp3) is 0. The van der Waals surface area contributed by atoms with Crippen LogP contribution in [-0.2, 0) is 0 Å². The zero-order valence-electron chi connectivity index (χ0n) is 19.0. The summed E-state index contributed by atoms with van der Waals surface area (Å²) in [7, 11) is 0. The van der Waals surface area contributed by atoms with E-state index in [0.29, 0.717) is 0 Å². The minimum absolute atomic E-state index is 1.10. The van der Waals surface area contributed by atoms with E-state index in [1.54, 1.807) is 0 Å². The van der Waals surface area contributed by atoms with Crippen molar-refractivity contribution >= 4 is 75.8 Å². The predicted molar refractivity (Wildman–Crippen MR) is 154 cm³/mol. The van der Waals surface area contributed by atoms with Crippen LogP contribution in [0.15, 0.2) is 121 Å². The molecule has 0 bridgehead atoms. The summed E-state index contributed by atoms with van der Waals surface area (Å²) < 4.78 is 2.57. The van der Waals surface area contributed by atoms with Gasteiger partial charge in [-0.05, 0) is 70.1 Å². The summed E-state index contributed by atoms with van der Waals surface area (Å²) in [5.74, 6) is 0. The Hall–Kier alpha value is -4.34. The van der Waals surface area contributed by atoms with E-state index in [-0.39, 0.29) is 0 Å². The Bertz CT molecular complexity index is 1730. The Balaban J connectivity index is 1.19. The maximum Gasteiger partial charge on any atom is 0.0398 e. The van der Waals surface area contributed by atoms with Crippen LogP contribution in [0.1, 0.15) is 0 Å². The highest BCUT2D eigenvalue weighted by Crippen LogP contribution is 2.38. The van der Waals surface area contributed by atoms with Gasteiger partial charge < -0.3 is 10.6 Å². The van der Waals surface area contributed by atoms with Gasteiger partial charge in [0, 0.05) is 42.9 Å². The Kier molecular flexibility index (Phi) is 4.68. The Morgan fingerprint density at radius 1 is 0.371 bits per heavy atom. The molecule has 1 heterocycles. The van der Waals surface area contributed by atoms with E-state index < -0.39 is 0 Å². The molecule has 2 N–H and O–H groups in total.